The molecule has 0 saturated heterocycles. The van der Waals surface area contributed by atoms with E-state index in [-0.39, 0.29) is 0 Å². The number of rotatable bonds is 3. The molecule has 6 heteroatoms. The average molecular weight is 529 g/mol. The van der Waals surface area contributed by atoms with Crippen LogP contribution in [-0.4, -0.2) is 19.9 Å². The Hall–Kier alpha value is -4.42. The van der Waals surface area contributed by atoms with Crippen LogP contribution in [0.25, 0.3) is 67.1 Å². The maximum atomic E-state index is 6.32. The first-order valence-electron chi connectivity index (χ1n) is 11.5. The fourth-order valence-electron chi connectivity index (χ4n) is 4.48. The lowest BCUT2D eigenvalue weighted by Gasteiger charge is -2.10. The van der Waals surface area contributed by atoms with Gasteiger partial charge in [0.05, 0.1) is 11.2 Å². The van der Waals surface area contributed by atoms with Crippen molar-refractivity contribution < 1.29 is 4.42 Å². The van der Waals surface area contributed by atoms with Gasteiger partial charge in [-0.3, -0.25) is 0 Å². The van der Waals surface area contributed by atoms with Crippen LogP contribution < -0.4 is 0 Å². The standard InChI is InChI=1S/C30H17BrN4O/c31-20-15-16-24-22(17-20)26-28(36-24)27(35-29(34-26)19-11-5-2-6-12-19)30-32-23-14-8-7-13-21(23)25(33-30)18-9-3-1-4-10-18/h1-17H. The number of hydrogen-bond acceptors (Lipinski definition) is 5. The maximum Gasteiger partial charge on any atom is 0.183 e. The van der Waals surface area contributed by atoms with Gasteiger partial charge in [0.1, 0.15) is 11.1 Å². The molecule has 0 N–H and O–H groups in total. The zero-order chi connectivity index (χ0) is 24.1. The number of para-hydroxylation sites is 1. The van der Waals surface area contributed by atoms with Crippen molar-refractivity contribution in [1.82, 2.24) is 19.9 Å². The molecular formula is C30H17BrN4O. The van der Waals surface area contributed by atoms with Crippen molar-refractivity contribution >= 4 is 48.9 Å². The van der Waals surface area contributed by atoms with E-state index in [0.717, 1.165) is 48.7 Å². The summed E-state index contributed by atoms with van der Waals surface area (Å²) in [6.45, 7) is 0. The van der Waals surface area contributed by atoms with E-state index in [4.69, 9.17) is 24.4 Å². The highest BCUT2D eigenvalue weighted by atomic mass is 79.9. The summed E-state index contributed by atoms with van der Waals surface area (Å²) in [6.07, 6.45) is 0. The predicted octanol–water partition coefficient (Wildman–Crippen LogP) is 8.08. The molecule has 0 unspecified atom stereocenters. The molecule has 0 amide bonds. The first-order chi connectivity index (χ1) is 17.7. The zero-order valence-corrected chi connectivity index (χ0v) is 20.5. The molecule has 5 nitrogen and oxygen atoms in total. The van der Waals surface area contributed by atoms with Crippen molar-refractivity contribution in [3.63, 3.8) is 0 Å². The number of benzene rings is 4. The molecule has 0 atom stereocenters. The SMILES string of the molecule is Brc1ccc2oc3c(-c4nc(-c5ccccc5)c5ccccc5n4)nc(-c4ccccc4)nc3c2c1. The normalized spacial score (nSPS) is 11.5. The van der Waals surface area contributed by atoms with Crippen molar-refractivity contribution in [2.75, 3.05) is 0 Å². The molecule has 0 spiro atoms. The molecule has 0 saturated carbocycles. The summed E-state index contributed by atoms with van der Waals surface area (Å²) < 4.78 is 7.27. The first-order valence-corrected chi connectivity index (χ1v) is 12.3. The summed E-state index contributed by atoms with van der Waals surface area (Å²) in [5, 5.41) is 1.89. The molecule has 0 bridgehead atoms. The summed E-state index contributed by atoms with van der Waals surface area (Å²) in [5.41, 5.74) is 6.21. The maximum absolute atomic E-state index is 6.32. The zero-order valence-electron chi connectivity index (χ0n) is 18.9. The van der Waals surface area contributed by atoms with E-state index in [1.54, 1.807) is 0 Å². The second-order valence-electron chi connectivity index (χ2n) is 8.46. The minimum Gasteiger partial charge on any atom is -0.452 e. The molecule has 4 aromatic carbocycles. The first kappa shape index (κ1) is 20.9. The molecule has 3 heterocycles. The Morgan fingerprint density at radius 1 is 0.556 bits per heavy atom. The van der Waals surface area contributed by atoms with E-state index in [2.05, 4.69) is 28.1 Å². The summed E-state index contributed by atoms with van der Waals surface area (Å²) in [6, 6.07) is 34.0. The molecule has 0 aliphatic rings. The van der Waals surface area contributed by atoms with E-state index in [0.29, 0.717) is 22.9 Å². The third-order valence-corrected chi connectivity index (χ3v) is 6.66. The number of fused-ring (bicyclic) bond motifs is 4. The van der Waals surface area contributed by atoms with Gasteiger partial charge >= 0.3 is 0 Å². The number of hydrogen-bond donors (Lipinski definition) is 0. The summed E-state index contributed by atoms with van der Waals surface area (Å²) >= 11 is 3.58. The number of aromatic nitrogens is 4. The number of halogens is 1. The van der Waals surface area contributed by atoms with Crippen molar-refractivity contribution in [3.8, 4) is 34.2 Å². The van der Waals surface area contributed by atoms with Gasteiger partial charge in [0.2, 0.25) is 0 Å². The lowest BCUT2D eigenvalue weighted by molar-refractivity contribution is 0.666. The van der Waals surface area contributed by atoms with E-state index >= 15 is 0 Å². The van der Waals surface area contributed by atoms with E-state index in [1.165, 1.54) is 0 Å². The van der Waals surface area contributed by atoms with Crippen LogP contribution in [0.2, 0.25) is 0 Å². The van der Waals surface area contributed by atoms with Gasteiger partial charge in [0, 0.05) is 26.4 Å². The number of nitrogens with zero attached hydrogens (tertiary/aromatic N) is 4. The molecule has 170 valence electrons. The summed E-state index contributed by atoms with van der Waals surface area (Å²) in [4.78, 5) is 19.9. The molecule has 7 aromatic rings. The van der Waals surface area contributed by atoms with E-state index < -0.39 is 0 Å². The monoisotopic (exact) mass is 528 g/mol. The van der Waals surface area contributed by atoms with Crippen molar-refractivity contribution in [1.29, 1.82) is 0 Å². The second-order valence-corrected chi connectivity index (χ2v) is 9.38. The molecular weight excluding hydrogens is 512 g/mol. The highest BCUT2D eigenvalue weighted by Gasteiger charge is 2.21. The Balaban J connectivity index is 1.59. The fourth-order valence-corrected chi connectivity index (χ4v) is 4.84. The van der Waals surface area contributed by atoms with Crippen molar-refractivity contribution in [3.05, 3.63) is 108 Å². The Kier molecular flexibility index (Phi) is 4.85. The third kappa shape index (κ3) is 3.46. The minimum absolute atomic E-state index is 0.496. The van der Waals surface area contributed by atoms with Crippen molar-refractivity contribution in [2.24, 2.45) is 0 Å². The van der Waals surface area contributed by atoms with Gasteiger partial charge in [-0.1, -0.05) is 94.8 Å². The Morgan fingerprint density at radius 3 is 2.06 bits per heavy atom. The van der Waals surface area contributed by atoms with Crippen LogP contribution in [0, 0.1) is 0 Å². The lowest BCUT2D eigenvalue weighted by Crippen LogP contribution is -1.99. The van der Waals surface area contributed by atoms with Gasteiger partial charge in [0.15, 0.2) is 22.9 Å². The van der Waals surface area contributed by atoms with Crippen molar-refractivity contribution in [2.45, 2.75) is 0 Å². The van der Waals surface area contributed by atoms with Gasteiger partial charge in [-0.2, -0.15) is 0 Å². The quantitative estimate of drug-likeness (QED) is 0.232. The van der Waals surface area contributed by atoms with Gasteiger partial charge in [0.25, 0.3) is 0 Å². The minimum atomic E-state index is 0.496. The molecule has 7 rings (SSSR count). The Bertz CT molecular complexity index is 1900. The highest BCUT2D eigenvalue weighted by molar-refractivity contribution is 9.10. The summed E-state index contributed by atoms with van der Waals surface area (Å²) in [7, 11) is 0. The smallest absolute Gasteiger partial charge is 0.183 e. The molecule has 0 aliphatic heterocycles. The fraction of sp³-hybridized carbons (Fsp3) is 0. The Morgan fingerprint density at radius 2 is 1.25 bits per heavy atom. The van der Waals surface area contributed by atoms with Gasteiger partial charge in [-0.15, -0.1) is 0 Å². The van der Waals surface area contributed by atoms with Crippen LogP contribution in [-0.2, 0) is 0 Å². The second kappa shape index (κ2) is 8.36. The van der Waals surface area contributed by atoms with Gasteiger partial charge in [-0.25, -0.2) is 19.9 Å². The third-order valence-electron chi connectivity index (χ3n) is 6.17. The summed E-state index contributed by atoms with van der Waals surface area (Å²) in [5.74, 6) is 1.09. The molecule has 0 fully saturated rings. The van der Waals surface area contributed by atoms with Gasteiger partial charge < -0.3 is 4.42 Å². The molecule has 3 aromatic heterocycles. The van der Waals surface area contributed by atoms with E-state index in [9.17, 15) is 0 Å². The van der Waals surface area contributed by atoms with E-state index in [1.807, 2.05) is 91.0 Å². The highest BCUT2D eigenvalue weighted by Crippen LogP contribution is 2.37. The largest absolute Gasteiger partial charge is 0.452 e. The van der Waals surface area contributed by atoms with Crippen LogP contribution in [0.5, 0.6) is 0 Å². The van der Waals surface area contributed by atoms with Gasteiger partial charge in [-0.05, 0) is 24.3 Å². The average Bonchev–Trinajstić information content (AvgIpc) is 3.30. The Labute approximate surface area is 214 Å². The predicted molar refractivity (Wildman–Crippen MR) is 146 cm³/mol. The van der Waals surface area contributed by atoms with Crippen LogP contribution >= 0.6 is 15.9 Å². The van der Waals surface area contributed by atoms with Crippen LogP contribution in [0.3, 0.4) is 0 Å². The number of furan rings is 1. The van der Waals surface area contributed by atoms with Crippen LogP contribution in [0.1, 0.15) is 0 Å². The topological polar surface area (TPSA) is 64.7 Å². The van der Waals surface area contributed by atoms with Crippen LogP contribution in [0.4, 0.5) is 0 Å². The molecule has 0 aliphatic carbocycles. The molecule has 36 heavy (non-hydrogen) atoms. The van der Waals surface area contributed by atoms with Crippen LogP contribution in [0.15, 0.2) is 112 Å². The lowest BCUT2D eigenvalue weighted by atomic mass is 10.1. The molecule has 0 radical (unpaired) electrons.